The first-order valence-corrected chi connectivity index (χ1v) is 7.37. The second kappa shape index (κ2) is 7.14. The summed E-state index contributed by atoms with van der Waals surface area (Å²) in [5.41, 5.74) is -0.936. The average Bonchev–Trinajstić information content (AvgIpc) is 3.01. The van der Waals surface area contributed by atoms with Crippen molar-refractivity contribution in [3.8, 4) is 0 Å². The van der Waals surface area contributed by atoms with Crippen molar-refractivity contribution in [2.45, 2.75) is 6.54 Å². The van der Waals surface area contributed by atoms with Crippen molar-refractivity contribution < 1.29 is 18.4 Å². The van der Waals surface area contributed by atoms with Crippen molar-refractivity contribution in [1.82, 2.24) is 9.88 Å². The number of thiophene rings is 1. The van der Waals surface area contributed by atoms with Gasteiger partial charge in [-0.1, -0.05) is 0 Å². The third-order valence-corrected chi connectivity index (χ3v) is 3.99. The molecule has 0 aliphatic heterocycles. The minimum absolute atomic E-state index is 0.0236. The van der Waals surface area contributed by atoms with Crippen LogP contribution in [0.1, 0.15) is 19.3 Å². The molecule has 2 rings (SSSR count). The molecule has 23 heavy (non-hydrogen) atoms. The number of halogens is 2. The molecule has 122 valence electrons. The Hall–Kier alpha value is -2.55. The lowest BCUT2D eigenvalue weighted by atomic mass is 10.3. The fraction of sp³-hybridized carbons (Fsp3) is 0.214. The molecular weight excluding hydrogens is 328 g/mol. The summed E-state index contributed by atoms with van der Waals surface area (Å²) >= 11 is 0.968. The number of rotatable bonds is 5. The maximum absolute atomic E-state index is 13.5. The topological polar surface area (TPSA) is 80.2 Å². The first-order valence-electron chi connectivity index (χ1n) is 6.55. The SMILES string of the molecule is CNC(=O)c1ccc(C(=O)Nc2cc(F)c(=O)n(CCF)c2)s1. The van der Waals surface area contributed by atoms with Gasteiger partial charge >= 0.3 is 0 Å². The van der Waals surface area contributed by atoms with E-state index in [-0.39, 0.29) is 23.0 Å². The number of aromatic nitrogens is 1. The summed E-state index contributed by atoms with van der Waals surface area (Å²) in [6.07, 6.45) is 1.16. The Bertz CT molecular complexity index is 801. The number of carbonyl (C=O) groups excluding carboxylic acids is 2. The molecule has 0 unspecified atom stereocenters. The molecular formula is C14H13F2N3O3S. The number of alkyl halides is 1. The Morgan fingerprint density at radius 1 is 1.26 bits per heavy atom. The highest BCUT2D eigenvalue weighted by molar-refractivity contribution is 7.16. The van der Waals surface area contributed by atoms with Gasteiger partial charge in [0.2, 0.25) is 0 Å². The molecule has 0 saturated heterocycles. The van der Waals surface area contributed by atoms with Crippen LogP contribution in [0.25, 0.3) is 0 Å². The maximum Gasteiger partial charge on any atom is 0.286 e. The number of pyridine rings is 1. The van der Waals surface area contributed by atoms with E-state index >= 15 is 0 Å². The van der Waals surface area contributed by atoms with E-state index in [9.17, 15) is 23.2 Å². The Balaban J connectivity index is 2.21. The van der Waals surface area contributed by atoms with Crippen LogP contribution in [0.2, 0.25) is 0 Å². The van der Waals surface area contributed by atoms with E-state index in [0.717, 1.165) is 28.2 Å². The van der Waals surface area contributed by atoms with Crippen molar-refractivity contribution in [1.29, 1.82) is 0 Å². The third-order valence-electron chi connectivity index (χ3n) is 2.91. The summed E-state index contributed by atoms with van der Waals surface area (Å²) in [7, 11) is 1.47. The van der Waals surface area contributed by atoms with Crippen LogP contribution in [0, 0.1) is 5.82 Å². The van der Waals surface area contributed by atoms with E-state index in [4.69, 9.17) is 0 Å². The third kappa shape index (κ3) is 3.81. The molecule has 2 heterocycles. The molecule has 0 saturated carbocycles. The first-order chi connectivity index (χ1) is 11.0. The Labute approximate surface area is 133 Å². The van der Waals surface area contributed by atoms with Gasteiger partial charge in [0, 0.05) is 19.3 Å². The zero-order valence-corrected chi connectivity index (χ0v) is 12.9. The van der Waals surface area contributed by atoms with E-state index < -0.39 is 24.0 Å². The molecule has 2 N–H and O–H groups in total. The number of carbonyl (C=O) groups is 2. The van der Waals surface area contributed by atoms with Gasteiger partial charge < -0.3 is 15.2 Å². The molecule has 6 nitrogen and oxygen atoms in total. The lowest BCUT2D eigenvalue weighted by molar-refractivity contribution is 0.0966. The largest absolute Gasteiger partial charge is 0.354 e. The van der Waals surface area contributed by atoms with E-state index in [1.807, 2.05) is 0 Å². The molecule has 2 aromatic rings. The molecule has 0 spiro atoms. The van der Waals surface area contributed by atoms with Crippen LogP contribution in [0.3, 0.4) is 0 Å². The number of nitrogens with one attached hydrogen (secondary N) is 2. The van der Waals surface area contributed by atoms with E-state index in [0.29, 0.717) is 4.88 Å². The molecule has 0 aliphatic carbocycles. The lowest BCUT2D eigenvalue weighted by Crippen LogP contribution is -2.24. The standard InChI is InChI=1S/C14H13F2N3O3S/c1-17-12(20)10-2-3-11(23-10)13(21)18-8-6-9(16)14(22)19(7-8)5-4-15/h2-3,6-7H,4-5H2,1H3,(H,17,20)(H,18,21). The summed E-state index contributed by atoms with van der Waals surface area (Å²) < 4.78 is 26.7. The van der Waals surface area contributed by atoms with Crippen LogP contribution < -0.4 is 16.2 Å². The molecule has 0 radical (unpaired) electrons. The van der Waals surface area contributed by atoms with Crippen LogP contribution in [-0.4, -0.2) is 30.1 Å². The number of nitrogens with zero attached hydrogens (tertiary/aromatic N) is 1. The van der Waals surface area contributed by atoms with E-state index in [2.05, 4.69) is 10.6 Å². The number of aryl methyl sites for hydroxylation is 1. The quantitative estimate of drug-likeness (QED) is 0.867. The highest BCUT2D eigenvalue weighted by atomic mass is 32.1. The summed E-state index contributed by atoms with van der Waals surface area (Å²) in [6.45, 7) is -1.14. The van der Waals surface area contributed by atoms with Gasteiger partial charge in [0.05, 0.1) is 22.0 Å². The Morgan fingerprint density at radius 2 is 1.91 bits per heavy atom. The molecule has 0 aliphatic rings. The van der Waals surface area contributed by atoms with Crippen molar-refractivity contribution in [2.75, 3.05) is 19.0 Å². The van der Waals surface area contributed by atoms with Crippen molar-refractivity contribution in [3.63, 3.8) is 0 Å². The van der Waals surface area contributed by atoms with Gasteiger partial charge in [-0.25, -0.2) is 8.78 Å². The minimum Gasteiger partial charge on any atom is -0.354 e. The fourth-order valence-corrected chi connectivity index (χ4v) is 2.67. The van der Waals surface area contributed by atoms with Crippen molar-refractivity contribution in [2.24, 2.45) is 0 Å². The van der Waals surface area contributed by atoms with Crippen molar-refractivity contribution >= 4 is 28.8 Å². The summed E-state index contributed by atoms with van der Waals surface area (Å²) in [5.74, 6) is -1.97. The highest BCUT2D eigenvalue weighted by Crippen LogP contribution is 2.18. The monoisotopic (exact) mass is 341 g/mol. The fourth-order valence-electron chi connectivity index (χ4n) is 1.82. The maximum atomic E-state index is 13.5. The summed E-state index contributed by atoms with van der Waals surface area (Å²) in [5, 5.41) is 4.85. The first kappa shape index (κ1) is 16.8. The van der Waals surface area contributed by atoms with Crippen LogP contribution in [0.5, 0.6) is 0 Å². The zero-order chi connectivity index (χ0) is 17.0. The second-order valence-corrected chi connectivity index (χ2v) is 5.55. The van der Waals surface area contributed by atoms with E-state index in [1.165, 1.54) is 19.2 Å². The average molecular weight is 341 g/mol. The van der Waals surface area contributed by atoms with Crippen molar-refractivity contribution in [3.05, 3.63) is 50.3 Å². The van der Waals surface area contributed by atoms with Crippen LogP contribution >= 0.6 is 11.3 Å². The Morgan fingerprint density at radius 3 is 2.52 bits per heavy atom. The number of anilines is 1. The highest BCUT2D eigenvalue weighted by Gasteiger charge is 2.14. The predicted octanol–water partition coefficient (Wildman–Crippen LogP) is 1.63. The van der Waals surface area contributed by atoms with Gasteiger partial charge in [0.25, 0.3) is 17.4 Å². The molecule has 2 aromatic heterocycles. The van der Waals surface area contributed by atoms with Crippen LogP contribution in [0.4, 0.5) is 14.5 Å². The molecule has 2 amide bonds. The van der Waals surface area contributed by atoms with Crippen LogP contribution in [-0.2, 0) is 6.54 Å². The Kier molecular flexibility index (Phi) is 5.22. The van der Waals surface area contributed by atoms with Gasteiger partial charge in [0.1, 0.15) is 6.67 Å². The molecule has 0 fully saturated rings. The molecule has 0 atom stereocenters. The number of hydrogen-bond acceptors (Lipinski definition) is 4. The summed E-state index contributed by atoms with van der Waals surface area (Å²) in [4.78, 5) is 35.6. The van der Waals surface area contributed by atoms with Gasteiger partial charge in [-0.05, 0) is 12.1 Å². The normalized spacial score (nSPS) is 10.4. The van der Waals surface area contributed by atoms with Gasteiger partial charge in [-0.2, -0.15) is 0 Å². The second-order valence-electron chi connectivity index (χ2n) is 4.46. The van der Waals surface area contributed by atoms with Gasteiger partial charge in [-0.3, -0.25) is 14.4 Å². The van der Waals surface area contributed by atoms with Crippen LogP contribution in [0.15, 0.2) is 29.2 Å². The molecule has 0 bridgehead atoms. The van der Waals surface area contributed by atoms with Gasteiger partial charge in [-0.15, -0.1) is 11.3 Å². The summed E-state index contributed by atoms with van der Waals surface area (Å²) in [6, 6.07) is 3.81. The zero-order valence-electron chi connectivity index (χ0n) is 12.1. The number of amides is 2. The lowest BCUT2D eigenvalue weighted by Gasteiger charge is -2.08. The molecule has 0 aromatic carbocycles. The minimum atomic E-state index is -1.09. The van der Waals surface area contributed by atoms with E-state index in [1.54, 1.807) is 0 Å². The predicted molar refractivity (Wildman–Crippen MR) is 82.3 cm³/mol. The molecule has 9 heteroatoms. The van der Waals surface area contributed by atoms with Gasteiger partial charge in [0.15, 0.2) is 5.82 Å². The smallest absolute Gasteiger partial charge is 0.286 e. The number of hydrogen-bond donors (Lipinski definition) is 2.